The molecule has 0 fully saturated rings. The zero-order valence-electron chi connectivity index (χ0n) is 9.54. The summed E-state index contributed by atoms with van der Waals surface area (Å²) in [6.45, 7) is 0. The third-order valence-electron chi connectivity index (χ3n) is 2.62. The van der Waals surface area contributed by atoms with E-state index in [1.54, 1.807) is 18.2 Å². The van der Waals surface area contributed by atoms with Crippen molar-refractivity contribution in [1.29, 1.82) is 5.26 Å². The Morgan fingerprint density at radius 2 is 2.26 bits per heavy atom. The summed E-state index contributed by atoms with van der Waals surface area (Å²) in [5.74, 6) is -0.0267. The van der Waals surface area contributed by atoms with Gasteiger partial charge < -0.3 is 10.2 Å². The number of nitriles is 1. The third kappa shape index (κ3) is 1.81. The van der Waals surface area contributed by atoms with Gasteiger partial charge in [0.2, 0.25) is 0 Å². The van der Waals surface area contributed by atoms with Gasteiger partial charge >= 0.3 is 5.76 Å². The van der Waals surface area contributed by atoms with E-state index in [-0.39, 0.29) is 11.4 Å². The number of fused-ring (bicyclic) bond motifs is 1. The van der Waals surface area contributed by atoms with E-state index in [4.69, 9.17) is 15.4 Å². The quantitative estimate of drug-likeness (QED) is 0.667. The molecule has 92 valence electrons. The highest BCUT2D eigenvalue weighted by Crippen LogP contribution is 2.21. The highest BCUT2D eigenvalue weighted by atomic mass is 16.4. The molecule has 0 saturated heterocycles. The fraction of sp³-hybridized carbons (Fsp3) is 0. The number of oxazole rings is 1. The van der Waals surface area contributed by atoms with Crippen molar-refractivity contribution in [2.75, 3.05) is 5.73 Å². The Morgan fingerprint density at radius 3 is 3.00 bits per heavy atom. The third-order valence-corrected chi connectivity index (χ3v) is 2.62. The van der Waals surface area contributed by atoms with Crippen LogP contribution < -0.4 is 11.5 Å². The highest BCUT2D eigenvalue weighted by molar-refractivity contribution is 5.78. The van der Waals surface area contributed by atoms with Gasteiger partial charge in [-0.25, -0.2) is 14.8 Å². The largest absolute Gasteiger partial charge is 0.417 e. The number of nitrogens with two attached hydrogens (primary N) is 1. The van der Waals surface area contributed by atoms with Crippen molar-refractivity contribution in [2.24, 2.45) is 0 Å². The lowest BCUT2D eigenvalue weighted by Gasteiger charge is -2.01. The summed E-state index contributed by atoms with van der Waals surface area (Å²) < 4.78 is 4.90. The summed E-state index contributed by atoms with van der Waals surface area (Å²) in [4.78, 5) is 21.7. The van der Waals surface area contributed by atoms with Crippen LogP contribution in [0.25, 0.3) is 22.5 Å². The van der Waals surface area contributed by atoms with Crippen molar-refractivity contribution in [3.8, 4) is 17.5 Å². The second-order valence-corrected chi connectivity index (χ2v) is 3.83. The average molecular weight is 253 g/mol. The molecule has 2 heterocycles. The van der Waals surface area contributed by atoms with Gasteiger partial charge in [0.1, 0.15) is 17.5 Å². The second-order valence-electron chi connectivity index (χ2n) is 3.83. The van der Waals surface area contributed by atoms with E-state index >= 15 is 0 Å². The number of aromatic amines is 1. The molecule has 0 aliphatic rings. The predicted octanol–water partition coefficient (Wildman–Crippen LogP) is 1.03. The Bertz CT molecular complexity index is 872. The molecule has 0 spiro atoms. The van der Waals surface area contributed by atoms with Gasteiger partial charge in [-0.3, -0.25) is 4.98 Å². The van der Waals surface area contributed by atoms with Gasteiger partial charge in [0.25, 0.3) is 0 Å². The van der Waals surface area contributed by atoms with Crippen LogP contribution in [0.5, 0.6) is 0 Å². The number of hydrogen-bond donors (Lipinski definition) is 2. The maximum Gasteiger partial charge on any atom is 0.417 e. The topological polar surface area (TPSA) is 122 Å². The van der Waals surface area contributed by atoms with E-state index in [2.05, 4.69) is 15.0 Å². The van der Waals surface area contributed by atoms with E-state index in [0.717, 1.165) is 0 Å². The van der Waals surface area contributed by atoms with Gasteiger partial charge in [-0.1, -0.05) is 0 Å². The number of benzene rings is 1. The number of nitrogens with one attached hydrogen (secondary N) is 1. The van der Waals surface area contributed by atoms with Crippen LogP contribution in [0.3, 0.4) is 0 Å². The Balaban J connectivity index is 2.16. The minimum atomic E-state index is -0.521. The van der Waals surface area contributed by atoms with E-state index in [1.165, 1.54) is 6.20 Å². The normalized spacial score (nSPS) is 10.5. The minimum absolute atomic E-state index is 0.119. The summed E-state index contributed by atoms with van der Waals surface area (Å²) in [6.07, 6.45) is 1.36. The summed E-state index contributed by atoms with van der Waals surface area (Å²) in [6, 6.07) is 6.92. The molecular weight excluding hydrogens is 246 g/mol. The van der Waals surface area contributed by atoms with Crippen molar-refractivity contribution >= 4 is 16.9 Å². The first kappa shape index (κ1) is 11.0. The molecule has 7 heteroatoms. The molecule has 1 aromatic carbocycles. The van der Waals surface area contributed by atoms with Crippen LogP contribution in [-0.4, -0.2) is 15.0 Å². The molecular formula is C12H7N5O2. The fourth-order valence-corrected chi connectivity index (χ4v) is 1.71. The lowest BCUT2D eigenvalue weighted by atomic mass is 10.2. The van der Waals surface area contributed by atoms with Crippen LogP contribution >= 0.6 is 0 Å². The van der Waals surface area contributed by atoms with Crippen molar-refractivity contribution in [1.82, 2.24) is 15.0 Å². The molecule has 0 unspecified atom stereocenters. The maximum absolute atomic E-state index is 11.1. The predicted molar refractivity (Wildman–Crippen MR) is 67.0 cm³/mol. The summed E-state index contributed by atoms with van der Waals surface area (Å²) in [7, 11) is 0. The first-order valence-electron chi connectivity index (χ1n) is 5.33. The molecule has 3 N–H and O–H groups in total. The van der Waals surface area contributed by atoms with E-state index in [9.17, 15) is 4.79 Å². The molecule has 0 atom stereocenters. The number of aromatic nitrogens is 3. The molecule has 3 aromatic rings. The Kier molecular flexibility index (Phi) is 2.29. The summed E-state index contributed by atoms with van der Waals surface area (Å²) in [5.41, 5.74) is 7.53. The lowest BCUT2D eigenvalue weighted by Crippen LogP contribution is -1.99. The van der Waals surface area contributed by atoms with Crippen LogP contribution in [0.4, 0.5) is 5.82 Å². The Morgan fingerprint density at radius 1 is 1.42 bits per heavy atom. The smallest absolute Gasteiger partial charge is 0.408 e. The van der Waals surface area contributed by atoms with Gasteiger partial charge in [-0.05, 0) is 18.2 Å². The van der Waals surface area contributed by atoms with Gasteiger partial charge in [0, 0.05) is 5.56 Å². The number of anilines is 1. The van der Waals surface area contributed by atoms with Crippen LogP contribution in [0.15, 0.2) is 33.6 Å². The van der Waals surface area contributed by atoms with Crippen LogP contribution in [0, 0.1) is 11.3 Å². The van der Waals surface area contributed by atoms with E-state index in [1.807, 2.05) is 6.07 Å². The number of rotatable bonds is 1. The minimum Gasteiger partial charge on any atom is -0.408 e. The Labute approximate surface area is 106 Å². The SMILES string of the molecule is N#Cc1cnc(-c2ccc3oc(=O)[nH]c3c2)nc1N. The molecule has 3 rings (SSSR count). The Hall–Kier alpha value is -3.14. The molecule has 19 heavy (non-hydrogen) atoms. The molecule has 0 bridgehead atoms. The van der Waals surface area contributed by atoms with Crippen molar-refractivity contribution in [3.63, 3.8) is 0 Å². The summed E-state index contributed by atoms with van der Waals surface area (Å²) >= 11 is 0. The molecule has 0 radical (unpaired) electrons. The first-order chi connectivity index (χ1) is 9.17. The second kappa shape index (κ2) is 3.96. The van der Waals surface area contributed by atoms with Gasteiger partial charge in [-0.2, -0.15) is 5.26 Å². The number of nitrogen functional groups attached to an aromatic ring is 1. The van der Waals surface area contributed by atoms with Crippen molar-refractivity contribution in [2.45, 2.75) is 0 Å². The molecule has 0 saturated carbocycles. The van der Waals surface area contributed by atoms with E-state index < -0.39 is 5.76 Å². The molecule has 0 aliphatic heterocycles. The monoisotopic (exact) mass is 253 g/mol. The van der Waals surface area contributed by atoms with Gasteiger partial charge in [-0.15, -0.1) is 0 Å². The molecule has 2 aromatic heterocycles. The maximum atomic E-state index is 11.1. The fourth-order valence-electron chi connectivity index (χ4n) is 1.71. The van der Waals surface area contributed by atoms with Crippen molar-refractivity contribution in [3.05, 3.63) is 40.5 Å². The van der Waals surface area contributed by atoms with Crippen LogP contribution in [0.1, 0.15) is 5.56 Å². The average Bonchev–Trinajstić information content (AvgIpc) is 2.77. The lowest BCUT2D eigenvalue weighted by molar-refractivity contribution is 0.555. The van der Waals surface area contributed by atoms with Crippen LogP contribution in [-0.2, 0) is 0 Å². The van der Waals surface area contributed by atoms with E-state index in [0.29, 0.717) is 22.5 Å². The standard InChI is InChI=1S/C12H7N5O2/c13-4-7-5-15-11(17-10(7)14)6-1-2-9-8(3-6)16-12(18)19-9/h1-3,5H,(H,16,18)(H2,14,15,17). The van der Waals surface area contributed by atoms with Gasteiger partial charge in [0.15, 0.2) is 11.4 Å². The van der Waals surface area contributed by atoms with Crippen molar-refractivity contribution < 1.29 is 4.42 Å². The highest BCUT2D eigenvalue weighted by Gasteiger charge is 2.08. The number of hydrogen-bond acceptors (Lipinski definition) is 6. The van der Waals surface area contributed by atoms with Crippen LogP contribution in [0.2, 0.25) is 0 Å². The number of H-pyrrole nitrogens is 1. The number of nitrogens with zero attached hydrogens (tertiary/aromatic N) is 3. The molecule has 7 nitrogen and oxygen atoms in total. The summed E-state index contributed by atoms with van der Waals surface area (Å²) in [5, 5.41) is 8.76. The molecule has 0 amide bonds. The molecule has 0 aliphatic carbocycles. The first-order valence-corrected chi connectivity index (χ1v) is 5.33. The zero-order valence-corrected chi connectivity index (χ0v) is 9.54. The van der Waals surface area contributed by atoms with Gasteiger partial charge in [0.05, 0.1) is 11.7 Å². The zero-order chi connectivity index (χ0) is 13.4.